The number of thiazole rings is 1. The van der Waals surface area contributed by atoms with Gasteiger partial charge in [-0.3, -0.25) is 24.2 Å². The van der Waals surface area contributed by atoms with Crippen LogP contribution >= 0.6 is 11.3 Å². The molecule has 0 spiro atoms. The predicted molar refractivity (Wildman–Crippen MR) is 165 cm³/mol. The summed E-state index contributed by atoms with van der Waals surface area (Å²) in [5.41, 5.74) is 2.21. The molecule has 0 aliphatic carbocycles. The maximum absolute atomic E-state index is 13.6. The molecular weight excluding hydrogens is 594 g/mol. The van der Waals surface area contributed by atoms with Crippen LogP contribution in [0.4, 0.5) is 0 Å². The summed E-state index contributed by atoms with van der Waals surface area (Å²) < 4.78 is 1.68. The normalized spacial score (nSPS) is 22.9. The van der Waals surface area contributed by atoms with Gasteiger partial charge in [-0.1, -0.05) is 11.3 Å². The second-order valence-electron chi connectivity index (χ2n) is 12.2. The van der Waals surface area contributed by atoms with Gasteiger partial charge in [-0.05, 0) is 49.7 Å². The number of hydrogen-bond acceptors (Lipinski definition) is 9. The van der Waals surface area contributed by atoms with E-state index in [2.05, 4.69) is 30.9 Å². The summed E-state index contributed by atoms with van der Waals surface area (Å²) in [6, 6.07) is 2.93. The number of hydrogen-bond donors (Lipinski definition) is 2. The van der Waals surface area contributed by atoms with E-state index in [1.807, 2.05) is 24.0 Å². The summed E-state index contributed by atoms with van der Waals surface area (Å²) in [5, 5.41) is 15.1. The molecule has 0 aromatic carbocycles. The molecule has 6 rings (SSSR count). The van der Waals surface area contributed by atoms with Crippen molar-refractivity contribution < 1.29 is 19.2 Å². The minimum absolute atomic E-state index is 0.0404. The van der Waals surface area contributed by atoms with Crippen molar-refractivity contribution in [2.24, 2.45) is 11.8 Å². The van der Waals surface area contributed by atoms with E-state index in [4.69, 9.17) is 0 Å². The number of amides is 4. The molecule has 2 N–H and O–H groups in total. The van der Waals surface area contributed by atoms with E-state index in [0.29, 0.717) is 61.7 Å². The smallest absolute Gasteiger partial charge is 0.265 e. The van der Waals surface area contributed by atoms with Crippen molar-refractivity contribution in [3.63, 3.8) is 0 Å². The maximum atomic E-state index is 13.6. The highest BCUT2D eigenvalue weighted by molar-refractivity contribution is 7.13. The van der Waals surface area contributed by atoms with Crippen molar-refractivity contribution in [2.75, 3.05) is 32.7 Å². The van der Waals surface area contributed by atoms with Gasteiger partial charge in [0.05, 0.1) is 22.9 Å². The highest BCUT2D eigenvalue weighted by Gasteiger charge is 2.37. The molecule has 3 aliphatic heterocycles. The Morgan fingerprint density at radius 3 is 2.80 bits per heavy atom. The number of carbonyl (C=O) groups excluding carboxylic acids is 4. The largest absolute Gasteiger partial charge is 0.354 e. The van der Waals surface area contributed by atoms with Crippen LogP contribution in [0, 0.1) is 18.8 Å². The van der Waals surface area contributed by atoms with Gasteiger partial charge in [0.2, 0.25) is 17.7 Å². The summed E-state index contributed by atoms with van der Waals surface area (Å²) in [6.45, 7) is 5.07. The number of nitrogens with one attached hydrogen (secondary N) is 2. The van der Waals surface area contributed by atoms with Crippen LogP contribution in [-0.4, -0.2) is 97.2 Å². The molecule has 2 saturated heterocycles. The maximum Gasteiger partial charge on any atom is 0.265 e. The van der Waals surface area contributed by atoms with Crippen LogP contribution < -0.4 is 10.6 Å². The van der Waals surface area contributed by atoms with Gasteiger partial charge in [0.1, 0.15) is 10.9 Å². The molecule has 3 aromatic heterocycles. The Bertz CT molecular complexity index is 1530. The molecule has 13 nitrogen and oxygen atoms in total. The number of nitrogens with zero attached hydrogens (tertiary/aromatic N) is 7. The van der Waals surface area contributed by atoms with Crippen molar-refractivity contribution in [1.29, 1.82) is 0 Å². The number of pyridine rings is 1. The summed E-state index contributed by atoms with van der Waals surface area (Å²) in [4.78, 5) is 66.8. The Morgan fingerprint density at radius 2 is 2.00 bits per heavy atom. The van der Waals surface area contributed by atoms with Crippen molar-refractivity contribution in [3.05, 3.63) is 57.6 Å². The first-order valence-electron chi connectivity index (χ1n) is 15.7. The molecule has 3 aliphatic rings. The molecule has 45 heavy (non-hydrogen) atoms. The van der Waals surface area contributed by atoms with Gasteiger partial charge in [-0.2, -0.15) is 0 Å². The van der Waals surface area contributed by atoms with Crippen molar-refractivity contribution in [2.45, 2.75) is 64.5 Å². The summed E-state index contributed by atoms with van der Waals surface area (Å²) >= 11 is 1.36. The van der Waals surface area contributed by atoms with E-state index in [-0.39, 0.29) is 48.3 Å². The highest BCUT2D eigenvalue weighted by Crippen LogP contribution is 2.32. The zero-order valence-corrected chi connectivity index (χ0v) is 26.3. The molecule has 14 heteroatoms. The standard InChI is InChI=1S/C31H39N9O4S/c1-20-29-31(44)39-12-7-22(14-28(42)38-10-2-3-11-38)23(18-39)13-26(41)35-25(30(43)33-9-6-27(34-20)45-29)15-24-19-40(37-36-24)17-21-5-4-8-32-16-21/h4-5,8,16,19,22-23,25H,2-3,6-7,9-15,17-18H2,1H3,(H,33,43)(H,35,41)/t22-,23-,25+/m0/s1. The topological polar surface area (TPSA) is 155 Å². The molecule has 2 fully saturated rings. The van der Waals surface area contributed by atoms with E-state index in [0.717, 1.165) is 36.5 Å². The van der Waals surface area contributed by atoms with Crippen LogP contribution in [0.3, 0.4) is 0 Å². The van der Waals surface area contributed by atoms with E-state index in [1.165, 1.54) is 11.3 Å². The Labute approximate surface area is 265 Å². The summed E-state index contributed by atoms with van der Waals surface area (Å²) in [5.74, 6) is -0.852. The first kappa shape index (κ1) is 30.8. The van der Waals surface area contributed by atoms with E-state index in [1.54, 1.807) is 28.2 Å². The van der Waals surface area contributed by atoms with E-state index in [9.17, 15) is 19.2 Å². The number of fused-ring (bicyclic) bond motifs is 4. The minimum atomic E-state index is -0.870. The number of aromatic nitrogens is 5. The molecule has 0 radical (unpaired) electrons. The molecular formula is C31H39N9O4S. The monoisotopic (exact) mass is 633 g/mol. The van der Waals surface area contributed by atoms with Gasteiger partial charge >= 0.3 is 0 Å². The lowest BCUT2D eigenvalue weighted by molar-refractivity contribution is -0.133. The van der Waals surface area contributed by atoms with Crippen LogP contribution in [0.25, 0.3) is 0 Å². The third-order valence-corrected chi connectivity index (χ3v) is 10.1. The molecule has 6 heterocycles. The average molecular weight is 634 g/mol. The Balaban J connectivity index is 1.21. The predicted octanol–water partition coefficient (Wildman–Crippen LogP) is 1.37. The lowest BCUT2D eigenvalue weighted by Crippen LogP contribution is -2.50. The van der Waals surface area contributed by atoms with Gasteiger partial charge in [0.15, 0.2) is 0 Å². The number of carbonyl (C=O) groups is 4. The molecule has 3 aromatic rings. The van der Waals surface area contributed by atoms with Crippen LogP contribution in [0.2, 0.25) is 0 Å². The molecule has 4 bridgehead atoms. The summed E-state index contributed by atoms with van der Waals surface area (Å²) in [7, 11) is 0. The fourth-order valence-electron chi connectivity index (χ4n) is 6.50. The average Bonchev–Trinajstić information content (AvgIpc) is 3.80. The van der Waals surface area contributed by atoms with Crippen molar-refractivity contribution >= 4 is 35.0 Å². The van der Waals surface area contributed by atoms with Gasteiger partial charge in [-0.25, -0.2) is 9.67 Å². The first-order valence-corrected chi connectivity index (χ1v) is 16.5. The Morgan fingerprint density at radius 1 is 1.16 bits per heavy atom. The van der Waals surface area contributed by atoms with Crippen molar-refractivity contribution in [1.82, 2.24) is 45.4 Å². The zero-order chi connectivity index (χ0) is 31.3. The first-order chi connectivity index (χ1) is 21.8. The second-order valence-corrected chi connectivity index (χ2v) is 13.3. The van der Waals surface area contributed by atoms with Crippen molar-refractivity contribution in [3.8, 4) is 0 Å². The molecule has 0 unspecified atom stereocenters. The van der Waals surface area contributed by atoms with Crippen LogP contribution in [-0.2, 0) is 33.8 Å². The quantitative estimate of drug-likeness (QED) is 0.413. The lowest BCUT2D eigenvalue weighted by Gasteiger charge is -2.38. The summed E-state index contributed by atoms with van der Waals surface area (Å²) in [6.07, 6.45) is 8.99. The van der Waals surface area contributed by atoms with Gasteiger partial charge < -0.3 is 20.4 Å². The Kier molecular flexibility index (Phi) is 9.47. The number of likely N-dealkylation sites (tertiary alicyclic amines) is 1. The van der Waals surface area contributed by atoms with Crippen LogP contribution in [0.15, 0.2) is 30.7 Å². The molecule has 4 amide bonds. The fraction of sp³-hybridized carbons (Fsp3) is 0.548. The number of rotatable bonds is 6. The van der Waals surface area contributed by atoms with Gasteiger partial charge in [-0.15, -0.1) is 16.4 Å². The highest BCUT2D eigenvalue weighted by atomic mass is 32.1. The zero-order valence-electron chi connectivity index (χ0n) is 25.5. The van der Waals surface area contributed by atoms with E-state index >= 15 is 0 Å². The Hall–Kier alpha value is -4.20. The lowest BCUT2D eigenvalue weighted by atomic mass is 9.80. The molecule has 238 valence electrons. The third-order valence-electron chi connectivity index (χ3n) is 8.91. The fourth-order valence-corrected chi connectivity index (χ4v) is 7.53. The molecule has 3 atom stereocenters. The second kappa shape index (κ2) is 13.8. The van der Waals surface area contributed by atoms with Crippen LogP contribution in [0.1, 0.15) is 63.7 Å². The van der Waals surface area contributed by atoms with E-state index < -0.39 is 6.04 Å². The van der Waals surface area contributed by atoms with Gasteiger partial charge in [0, 0.05) is 77.0 Å². The number of piperidine rings is 1. The minimum Gasteiger partial charge on any atom is -0.354 e. The molecule has 0 saturated carbocycles. The third kappa shape index (κ3) is 7.55. The van der Waals surface area contributed by atoms with Crippen LogP contribution in [0.5, 0.6) is 0 Å². The number of aryl methyl sites for hydroxylation is 1. The SMILES string of the molecule is Cc1nc2sc1C(=O)N1CC[C@@H](CC(=O)N3CCCC3)[C@@H](CC(=O)N[C@H](Cc3cn(Cc4cccnc4)nn3)C(=O)NCC2)C1. The van der Waals surface area contributed by atoms with Gasteiger partial charge in [0.25, 0.3) is 5.91 Å².